The van der Waals surface area contributed by atoms with Crippen molar-refractivity contribution < 1.29 is 15.0 Å². The van der Waals surface area contributed by atoms with E-state index >= 15 is 0 Å². The molecule has 0 bridgehead atoms. The summed E-state index contributed by atoms with van der Waals surface area (Å²) in [6.45, 7) is 2.61. The van der Waals surface area contributed by atoms with Crippen LogP contribution in [0.5, 0.6) is 0 Å². The van der Waals surface area contributed by atoms with Crippen LogP contribution in [-0.2, 0) is 0 Å². The largest absolute Gasteiger partial charge is 0.478 e. The molecule has 0 unspecified atom stereocenters. The van der Waals surface area contributed by atoms with Gasteiger partial charge in [0.1, 0.15) is 0 Å². The van der Waals surface area contributed by atoms with E-state index in [0.29, 0.717) is 5.56 Å². The molecule has 2 fully saturated rings. The van der Waals surface area contributed by atoms with E-state index in [1.54, 1.807) is 30.3 Å². The Hall–Kier alpha value is -1.10. The van der Waals surface area contributed by atoms with Crippen molar-refractivity contribution in [3.63, 3.8) is 0 Å². The number of aromatic carboxylic acids is 1. The molecule has 130 valence electrons. The SMILES string of the molecule is Cl.O=C(O)c1ccccc1.OC1CCC(N2CCCCC2)CC1. The zero-order chi connectivity index (χ0) is 15.8. The summed E-state index contributed by atoms with van der Waals surface area (Å²) in [6.07, 6.45) is 8.70. The molecule has 1 saturated carbocycles. The first-order chi connectivity index (χ1) is 10.7. The number of carboxylic acid groups (broad SMARTS) is 1. The van der Waals surface area contributed by atoms with Gasteiger partial charge in [0, 0.05) is 6.04 Å². The third-order valence-corrected chi connectivity index (χ3v) is 4.59. The number of benzene rings is 1. The summed E-state index contributed by atoms with van der Waals surface area (Å²) in [5.41, 5.74) is 0.331. The van der Waals surface area contributed by atoms with Crippen LogP contribution < -0.4 is 0 Å². The number of rotatable bonds is 2. The van der Waals surface area contributed by atoms with Gasteiger partial charge in [-0.3, -0.25) is 0 Å². The molecule has 0 radical (unpaired) electrons. The third-order valence-electron chi connectivity index (χ3n) is 4.59. The molecule has 3 rings (SSSR count). The minimum absolute atomic E-state index is 0. The normalized spacial score (nSPS) is 24.7. The molecule has 23 heavy (non-hydrogen) atoms. The highest BCUT2D eigenvalue weighted by molar-refractivity contribution is 5.87. The Morgan fingerprint density at radius 2 is 1.52 bits per heavy atom. The summed E-state index contributed by atoms with van der Waals surface area (Å²) in [4.78, 5) is 12.8. The molecule has 0 aromatic heterocycles. The number of hydrogen-bond donors (Lipinski definition) is 2. The van der Waals surface area contributed by atoms with Gasteiger partial charge in [-0.15, -0.1) is 12.4 Å². The third kappa shape index (κ3) is 6.90. The van der Waals surface area contributed by atoms with Crippen LogP contribution in [0.15, 0.2) is 30.3 Å². The van der Waals surface area contributed by atoms with Gasteiger partial charge in [0.2, 0.25) is 0 Å². The number of halogens is 1. The van der Waals surface area contributed by atoms with Crippen LogP contribution in [0.25, 0.3) is 0 Å². The van der Waals surface area contributed by atoms with Crippen molar-refractivity contribution in [1.82, 2.24) is 4.90 Å². The second-order valence-corrected chi connectivity index (χ2v) is 6.23. The van der Waals surface area contributed by atoms with Crippen molar-refractivity contribution in [2.45, 2.75) is 57.1 Å². The van der Waals surface area contributed by atoms with Crippen LogP contribution >= 0.6 is 12.4 Å². The van der Waals surface area contributed by atoms with Crippen molar-refractivity contribution >= 4 is 18.4 Å². The van der Waals surface area contributed by atoms with E-state index < -0.39 is 5.97 Å². The summed E-state index contributed by atoms with van der Waals surface area (Å²) >= 11 is 0. The molecule has 1 heterocycles. The molecule has 1 aromatic carbocycles. The van der Waals surface area contributed by atoms with Crippen molar-refractivity contribution in [1.29, 1.82) is 0 Å². The fraction of sp³-hybridized carbons (Fsp3) is 0.611. The molecule has 2 N–H and O–H groups in total. The molecule has 0 amide bonds. The molecule has 1 aliphatic heterocycles. The minimum Gasteiger partial charge on any atom is -0.478 e. The minimum atomic E-state index is -0.879. The molecule has 5 heteroatoms. The van der Waals surface area contributed by atoms with Gasteiger partial charge in [-0.1, -0.05) is 24.6 Å². The number of likely N-dealkylation sites (tertiary alicyclic amines) is 1. The van der Waals surface area contributed by atoms with Crippen LogP contribution in [0.4, 0.5) is 0 Å². The standard InChI is InChI=1S/C11H21NO.C7H6O2.ClH/c13-11-6-4-10(5-7-11)12-8-2-1-3-9-12;8-7(9)6-4-2-1-3-5-6;/h10-11,13H,1-9H2;1-5H,(H,8,9);1H. The lowest BCUT2D eigenvalue weighted by Gasteiger charge is -2.37. The maximum atomic E-state index is 10.2. The molecule has 2 aliphatic rings. The topological polar surface area (TPSA) is 60.8 Å². The van der Waals surface area contributed by atoms with Gasteiger partial charge in [0.05, 0.1) is 11.7 Å². The van der Waals surface area contributed by atoms with Crippen LogP contribution in [0.1, 0.15) is 55.3 Å². The van der Waals surface area contributed by atoms with Crippen molar-refractivity contribution in [3.05, 3.63) is 35.9 Å². The number of hydrogen-bond acceptors (Lipinski definition) is 3. The second-order valence-electron chi connectivity index (χ2n) is 6.23. The van der Waals surface area contributed by atoms with Gasteiger partial charge in [0.15, 0.2) is 0 Å². The lowest BCUT2D eigenvalue weighted by Crippen LogP contribution is -2.41. The highest BCUT2D eigenvalue weighted by atomic mass is 35.5. The monoisotopic (exact) mass is 341 g/mol. The molecule has 1 saturated heterocycles. The first-order valence-electron chi connectivity index (χ1n) is 8.37. The Labute approximate surface area is 144 Å². The molecule has 0 atom stereocenters. The number of carboxylic acids is 1. The highest BCUT2D eigenvalue weighted by Gasteiger charge is 2.25. The highest BCUT2D eigenvalue weighted by Crippen LogP contribution is 2.25. The quantitative estimate of drug-likeness (QED) is 0.863. The van der Waals surface area contributed by atoms with E-state index in [1.165, 1.54) is 45.2 Å². The van der Waals surface area contributed by atoms with E-state index in [9.17, 15) is 9.90 Å². The first kappa shape index (κ1) is 19.9. The van der Waals surface area contributed by atoms with Crippen LogP contribution in [0, 0.1) is 0 Å². The zero-order valence-corrected chi connectivity index (χ0v) is 14.4. The van der Waals surface area contributed by atoms with E-state index in [2.05, 4.69) is 4.90 Å². The maximum Gasteiger partial charge on any atom is 0.335 e. The number of aliphatic hydroxyl groups excluding tert-OH is 1. The summed E-state index contributed by atoms with van der Waals surface area (Å²) in [5.74, 6) is -0.879. The Kier molecular flexibility index (Phi) is 9.22. The lowest BCUT2D eigenvalue weighted by atomic mass is 9.91. The van der Waals surface area contributed by atoms with Crippen molar-refractivity contribution in [2.75, 3.05) is 13.1 Å². The molecule has 4 nitrogen and oxygen atoms in total. The van der Waals surface area contributed by atoms with Gasteiger partial charge in [-0.25, -0.2) is 4.79 Å². The van der Waals surface area contributed by atoms with Gasteiger partial charge in [-0.05, 0) is 63.7 Å². The second kappa shape index (κ2) is 10.6. The molecular formula is C18H28ClNO3. The average molecular weight is 342 g/mol. The van der Waals surface area contributed by atoms with Crippen LogP contribution in [0.3, 0.4) is 0 Å². The number of nitrogens with zero attached hydrogens (tertiary/aromatic N) is 1. The fourth-order valence-electron chi connectivity index (χ4n) is 3.29. The first-order valence-corrected chi connectivity index (χ1v) is 8.37. The van der Waals surface area contributed by atoms with E-state index in [0.717, 1.165) is 18.9 Å². The average Bonchev–Trinajstić information content (AvgIpc) is 2.58. The lowest BCUT2D eigenvalue weighted by molar-refractivity contribution is 0.0649. The number of piperidine rings is 1. The fourth-order valence-corrected chi connectivity index (χ4v) is 3.29. The predicted molar refractivity (Wildman–Crippen MR) is 94.3 cm³/mol. The van der Waals surface area contributed by atoms with Gasteiger partial charge >= 0.3 is 5.97 Å². The van der Waals surface area contributed by atoms with Crippen molar-refractivity contribution in [3.8, 4) is 0 Å². The Morgan fingerprint density at radius 3 is 2.00 bits per heavy atom. The summed E-state index contributed by atoms with van der Waals surface area (Å²) in [6, 6.07) is 9.09. The molecule has 1 aromatic rings. The summed E-state index contributed by atoms with van der Waals surface area (Å²) in [5, 5.41) is 17.8. The number of carbonyl (C=O) groups is 1. The molecule has 0 spiro atoms. The van der Waals surface area contributed by atoms with Crippen LogP contribution in [-0.4, -0.2) is 46.3 Å². The van der Waals surface area contributed by atoms with Crippen molar-refractivity contribution in [2.24, 2.45) is 0 Å². The smallest absolute Gasteiger partial charge is 0.335 e. The van der Waals surface area contributed by atoms with E-state index in [1.807, 2.05) is 0 Å². The van der Waals surface area contributed by atoms with Gasteiger partial charge < -0.3 is 15.1 Å². The Balaban J connectivity index is 0.000000235. The molecular weight excluding hydrogens is 314 g/mol. The Morgan fingerprint density at radius 1 is 0.957 bits per heavy atom. The maximum absolute atomic E-state index is 10.2. The predicted octanol–water partition coefficient (Wildman–Crippen LogP) is 3.58. The van der Waals surface area contributed by atoms with E-state index in [-0.39, 0.29) is 18.5 Å². The molecule has 1 aliphatic carbocycles. The Bertz CT molecular complexity index is 441. The van der Waals surface area contributed by atoms with Gasteiger partial charge in [0.25, 0.3) is 0 Å². The summed E-state index contributed by atoms with van der Waals surface area (Å²) in [7, 11) is 0. The number of aliphatic hydroxyl groups is 1. The zero-order valence-electron chi connectivity index (χ0n) is 13.6. The van der Waals surface area contributed by atoms with Gasteiger partial charge in [-0.2, -0.15) is 0 Å². The summed E-state index contributed by atoms with van der Waals surface area (Å²) < 4.78 is 0. The van der Waals surface area contributed by atoms with E-state index in [4.69, 9.17) is 5.11 Å². The van der Waals surface area contributed by atoms with Crippen LogP contribution in [0.2, 0.25) is 0 Å².